The van der Waals surface area contributed by atoms with Gasteiger partial charge in [0.2, 0.25) is 0 Å². The van der Waals surface area contributed by atoms with Gasteiger partial charge in [0.15, 0.2) is 0 Å². The Hall–Kier alpha value is -0.740. The van der Waals surface area contributed by atoms with E-state index in [0.717, 1.165) is 35.4 Å². The van der Waals surface area contributed by atoms with Crippen LogP contribution in [0, 0.1) is 5.41 Å². The van der Waals surface area contributed by atoms with Crippen molar-refractivity contribution in [1.82, 2.24) is 0 Å². The molecular weight excluding hydrogens is 280 g/mol. The van der Waals surface area contributed by atoms with Gasteiger partial charge in [0.1, 0.15) is 5.75 Å². The zero-order chi connectivity index (χ0) is 12.9. The number of hydrogen-bond acceptors (Lipinski definition) is 3. The molecule has 0 saturated heterocycles. The molecule has 3 N–H and O–H groups in total. The molecule has 0 saturated carbocycles. The second-order valence-electron chi connectivity index (χ2n) is 4.91. The lowest BCUT2D eigenvalue weighted by Crippen LogP contribution is -2.26. The maximum atomic E-state index is 5.59. The molecule has 96 valence electrons. The number of hydrogen-bond donors (Lipinski definition) is 2. The van der Waals surface area contributed by atoms with Crippen molar-refractivity contribution < 1.29 is 4.74 Å². The molecule has 0 radical (unpaired) electrons. The van der Waals surface area contributed by atoms with Gasteiger partial charge in [-0.25, -0.2) is 0 Å². The molecule has 0 heterocycles. The van der Waals surface area contributed by atoms with E-state index in [4.69, 9.17) is 10.5 Å². The molecule has 17 heavy (non-hydrogen) atoms. The molecule has 0 aliphatic rings. The highest BCUT2D eigenvalue weighted by Crippen LogP contribution is 2.28. The van der Waals surface area contributed by atoms with E-state index in [-0.39, 0.29) is 5.41 Å². The Morgan fingerprint density at radius 2 is 2.12 bits per heavy atom. The van der Waals surface area contributed by atoms with Gasteiger partial charge in [-0.05, 0) is 52.5 Å². The van der Waals surface area contributed by atoms with Crippen molar-refractivity contribution >= 4 is 21.6 Å². The zero-order valence-corrected chi connectivity index (χ0v) is 12.3. The summed E-state index contributed by atoms with van der Waals surface area (Å²) in [6.07, 6.45) is 1.01. The van der Waals surface area contributed by atoms with Crippen molar-refractivity contribution in [3.05, 3.63) is 22.7 Å². The highest BCUT2D eigenvalue weighted by molar-refractivity contribution is 9.10. The smallest absolute Gasteiger partial charge is 0.133 e. The molecule has 0 fully saturated rings. The summed E-state index contributed by atoms with van der Waals surface area (Å²) in [5, 5.41) is 3.42. The van der Waals surface area contributed by atoms with Crippen molar-refractivity contribution in [2.75, 3.05) is 25.5 Å². The van der Waals surface area contributed by atoms with E-state index in [9.17, 15) is 0 Å². The third kappa shape index (κ3) is 4.56. The quantitative estimate of drug-likeness (QED) is 0.848. The number of halogens is 1. The van der Waals surface area contributed by atoms with Gasteiger partial charge in [-0.1, -0.05) is 13.8 Å². The first kappa shape index (κ1) is 14.3. The number of benzene rings is 1. The monoisotopic (exact) mass is 300 g/mol. The average Bonchev–Trinajstić information content (AvgIpc) is 2.27. The van der Waals surface area contributed by atoms with Crippen molar-refractivity contribution in [1.29, 1.82) is 0 Å². The molecule has 1 rings (SSSR count). The Kier molecular flexibility index (Phi) is 5.28. The topological polar surface area (TPSA) is 47.3 Å². The van der Waals surface area contributed by atoms with Crippen LogP contribution in [0.4, 0.5) is 5.69 Å². The standard InChI is InChI=1S/C13H21BrN2O/c1-13(2,6-7-15)9-16-10-4-5-12(17-3)11(14)8-10/h4-5,8,16H,6-7,9,15H2,1-3H3. The van der Waals surface area contributed by atoms with Crippen LogP contribution in [0.5, 0.6) is 5.75 Å². The van der Waals surface area contributed by atoms with Crippen molar-refractivity contribution in [2.45, 2.75) is 20.3 Å². The summed E-state index contributed by atoms with van der Waals surface area (Å²) < 4.78 is 6.15. The number of ether oxygens (including phenoxy) is 1. The first-order valence-corrected chi connectivity index (χ1v) is 6.55. The minimum Gasteiger partial charge on any atom is -0.496 e. The molecule has 0 aliphatic carbocycles. The van der Waals surface area contributed by atoms with Crippen LogP contribution < -0.4 is 15.8 Å². The van der Waals surface area contributed by atoms with E-state index in [0.29, 0.717) is 0 Å². The molecule has 0 bridgehead atoms. The lowest BCUT2D eigenvalue weighted by Gasteiger charge is -2.25. The van der Waals surface area contributed by atoms with E-state index in [1.165, 1.54) is 0 Å². The minimum absolute atomic E-state index is 0.209. The number of nitrogens with two attached hydrogens (primary N) is 1. The van der Waals surface area contributed by atoms with E-state index in [1.807, 2.05) is 18.2 Å². The summed E-state index contributed by atoms with van der Waals surface area (Å²) in [4.78, 5) is 0. The lowest BCUT2D eigenvalue weighted by atomic mass is 9.89. The summed E-state index contributed by atoms with van der Waals surface area (Å²) in [5.41, 5.74) is 6.89. The van der Waals surface area contributed by atoms with Crippen LogP contribution in [0.15, 0.2) is 22.7 Å². The van der Waals surface area contributed by atoms with Crippen molar-refractivity contribution in [3.63, 3.8) is 0 Å². The van der Waals surface area contributed by atoms with Gasteiger partial charge in [0.05, 0.1) is 11.6 Å². The first-order valence-electron chi connectivity index (χ1n) is 5.76. The van der Waals surface area contributed by atoms with Crippen LogP contribution >= 0.6 is 15.9 Å². The molecule has 1 aromatic carbocycles. The van der Waals surface area contributed by atoms with E-state index >= 15 is 0 Å². The fraction of sp³-hybridized carbons (Fsp3) is 0.538. The highest BCUT2D eigenvalue weighted by Gasteiger charge is 2.16. The molecule has 3 nitrogen and oxygen atoms in total. The molecule has 0 unspecified atom stereocenters. The van der Waals surface area contributed by atoms with E-state index < -0.39 is 0 Å². The fourth-order valence-electron chi connectivity index (χ4n) is 1.60. The van der Waals surface area contributed by atoms with Gasteiger partial charge in [-0.3, -0.25) is 0 Å². The molecule has 0 amide bonds. The third-order valence-corrected chi connectivity index (χ3v) is 3.36. The summed E-state index contributed by atoms with van der Waals surface area (Å²) in [7, 11) is 1.66. The van der Waals surface area contributed by atoms with Crippen LogP contribution in [-0.4, -0.2) is 20.2 Å². The molecule has 1 aromatic rings. The molecule has 0 atom stereocenters. The van der Waals surface area contributed by atoms with Crippen molar-refractivity contribution in [3.8, 4) is 5.75 Å². The SMILES string of the molecule is COc1ccc(NCC(C)(C)CCN)cc1Br. The summed E-state index contributed by atoms with van der Waals surface area (Å²) in [5.74, 6) is 0.844. The minimum atomic E-state index is 0.209. The Morgan fingerprint density at radius 1 is 1.41 bits per heavy atom. The Labute approximate surface area is 112 Å². The summed E-state index contributed by atoms with van der Waals surface area (Å²) in [6.45, 7) is 6.06. The maximum absolute atomic E-state index is 5.59. The lowest BCUT2D eigenvalue weighted by molar-refractivity contribution is 0.365. The van der Waals surface area contributed by atoms with E-state index in [2.05, 4.69) is 35.1 Å². The van der Waals surface area contributed by atoms with Gasteiger partial charge >= 0.3 is 0 Å². The van der Waals surface area contributed by atoms with Gasteiger partial charge in [0.25, 0.3) is 0 Å². The van der Waals surface area contributed by atoms with Gasteiger partial charge < -0.3 is 15.8 Å². The first-order chi connectivity index (χ1) is 7.98. The predicted molar refractivity (Wildman–Crippen MR) is 76.6 cm³/mol. The maximum Gasteiger partial charge on any atom is 0.133 e. The number of rotatable bonds is 6. The number of anilines is 1. The summed E-state index contributed by atoms with van der Waals surface area (Å²) in [6, 6.07) is 5.99. The molecule has 0 spiro atoms. The zero-order valence-electron chi connectivity index (χ0n) is 10.7. The van der Waals surface area contributed by atoms with Crippen LogP contribution in [0.2, 0.25) is 0 Å². The second-order valence-corrected chi connectivity index (χ2v) is 5.76. The highest BCUT2D eigenvalue weighted by atomic mass is 79.9. The van der Waals surface area contributed by atoms with Crippen LogP contribution in [0.25, 0.3) is 0 Å². The Morgan fingerprint density at radius 3 is 2.65 bits per heavy atom. The van der Waals surface area contributed by atoms with Crippen LogP contribution in [0.1, 0.15) is 20.3 Å². The van der Waals surface area contributed by atoms with Gasteiger partial charge in [-0.2, -0.15) is 0 Å². The van der Waals surface area contributed by atoms with Crippen LogP contribution in [-0.2, 0) is 0 Å². The summed E-state index contributed by atoms with van der Waals surface area (Å²) >= 11 is 3.47. The second kappa shape index (κ2) is 6.26. The molecule has 4 heteroatoms. The molecule has 0 aliphatic heterocycles. The number of nitrogens with one attached hydrogen (secondary N) is 1. The van der Waals surface area contributed by atoms with Gasteiger partial charge in [0, 0.05) is 12.2 Å². The Balaban J connectivity index is 2.61. The van der Waals surface area contributed by atoms with E-state index in [1.54, 1.807) is 7.11 Å². The predicted octanol–water partition coefficient (Wildman–Crippen LogP) is 3.24. The Bertz CT molecular complexity index is 366. The number of methoxy groups -OCH3 is 1. The van der Waals surface area contributed by atoms with Crippen LogP contribution in [0.3, 0.4) is 0 Å². The van der Waals surface area contributed by atoms with Gasteiger partial charge in [-0.15, -0.1) is 0 Å². The fourth-order valence-corrected chi connectivity index (χ4v) is 2.14. The molecule has 0 aromatic heterocycles. The normalized spacial score (nSPS) is 11.4. The largest absolute Gasteiger partial charge is 0.496 e. The van der Waals surface area contributed by atoms with Crippen molar-refractivity contribution in [2.24, 2.45) is 11.1 Å². The third-order valence-electron chi connectivity index (χ3n) is 2.74. The average molecular weight is 301 g/mol. The molecular formula is C13H21BrN2O.